The summed E-state index contributed by atoms with van der Waals surface area (Å²) in [4.78, 5) is 22.5. The number of unbranched alkanes of at least 4 members (excludes halogenated alkanes) is 5. The molecule has 0 aliphatic heterocycles. The summed E-state index contributed by atoms with van der Waals surface area (Å²) in [5.41, 5.74) is 0. The largest absolute Gasteiger partial charge is 0.481 e. The summed E-state index contributed by atoms with van der Waals surface area (Å²) in [6.45, 7) is 4.21. The van der Waals surface area contributed by atoms with Gasteiger partial charge in [0.1, 0.15) is 6.10 Å². The molecule has 0 fully saturated rings. The molecule has 1 atom stereocenters. The van der Waals surface area contributed by atoms with Crippen molar-refractivity contribution in [2.75, 3.05) is 0 Å². The average Bonchev–Trinajstić information content (AvgIpc) is 2.74. The lowest BCUT2D eigenvalue weighted by Crippen LogP contribution is -2.16. The Morgan fingerprint density at radius 3 is 1.94 bits per heavy atom. The molecule has 1 unspecified atom stereocenters. The SMILES string of the molecule is CC/C=C\C/C=C\C/C=C\C/C=C\C(CCCCCCCC(=O)O)OC(=O)CCCC. The van der Waals surface area contributed by atoms with E-state index in [-0.39, 0.29) is 18.5 Å². The minimum atomic E-state index is -0.724. The molecule has 4 heteroatoms. The van der Waals surface area contributed by atoms with Gasteiger partial charge in [0.05, 0.1) is 0 Å². The fourth-order valence-electron chi connectivity index (χ4n) is 3.01. The summed E-state index contributed by atoms with van der Waals surface area (Å²) in [7, 11) is 0. The Bertz CT molecular complexity index is 558. The molecular weight excluding hydrogens is 388 g/mol. The molecule has 0 saturated heterocycles. The Morgan fingerprint density at radius 2 is 1.32 bits per heavy atom. The van der Waals surface area contributed by atoms with E-state index in [1.165, 1.54) is 0 Å². The number of ether oxygens (including phenoxy) is 1. The van der Waals surface area contributed by atoms with Crippen LogP contribution in [0, 0.1) is 0 Å². The molecular formula is C27H44O4. The van der Waals surface area contributed by atoms with Gasteiger partial charge in [-0.15, -0.1) is 0 Å². The zero-order valence-corrected chi connectivity index (χ0v) is 19.8. The standard InChI is InChI=1S/C27H44O4/c1-3-5-7-8-9-10-11-12-13-15-18-21-25(31-27(30)24-6-4-2)22-19-16-14-17-20-23-26(28)29/h5,7,9-10,12-13,18,21,25H,3-4,6,8,11,14-17,19-20,22-24H2,1-2H3,(H,28,29)/b7-5-,10-9-,13-12-,21-18-. The lowest BCUT2D eigenvalue weighted by Gasteiger charge is -2.14. The van der Waals surface area contributed by atoms with Gasteiger partial charge in [0.15, 0.2) is 0 Å². The van der Waals surface area contributed by atoms with Gasteiger partial charge in [0.25, 0.3) is 0 Å². The van der Waals surface area contributed by atoms with E-state index >= 15 is 0 Å². The van der Waals surface area contributed by atoms with Crippen molar-refractivity contribution in [2.45, 2.75) is 110 Å². The highest BCUT2D eigenvalue weighted by molar-refractivity contribution is 5.69. The number of hydrogen-bond donors (Lipinski definition) is 1. The predicted octanol–water partition coefficient (Wildman–Crippen LogP) is 7.71. The second-order valence-electron chi connectivity index (χ2n) is 7.79. The van der Waals surface area contributed by atoms with Gasteiger partial charge in [-0.2, -0.15) is 0 Å². The van der Waals surface area contributed by atoms with Crippen molar-refractivity contribution in [2.24, 2.45) is 0 Å². The Kier molecular flexibility index (Phi) is 21.1. The van der Waals surface area contributed by atoms with E-state index in [9.17, 15) is 9.59 Å². The van der Waals surface area contributed by atoms with E-state index < -0.39 is 5.97 Å². The van der Waals surface area contributed by atoms with Gasteiger partial charge in [0.2, 0.25) is 0 Å². The Hall–Kier alpha value is -2.10. The maximum atomic E-state index is 12.0. The van der Waals surface area contributed by atoms with Crippen LogP contribution in [0.25, 0.3) is 0 Å². The first-order valence-corrected chi connectivity index (χ1v) is 12.1. The van der Waals surface area contributed by atoms with Gasteiger partial charge in [-0.05, 0) is 57.4 Å². The summed E-state index contributed by atoms with van der Waals surface area (Å²) in [6.07, 6.45) is 28.9. The second kappa shape index (κ2) is 22.6. The Labute approximate surface area is 190 Å². The smallest absolute Gasteiger partial charge is 0.306 e. The van der Waals surface area contributed by atoms with Crippen molar-refractivity contribution in [3.05, 3.63) is 48.6 Å². The van der Waals surface area contributed by atoms with E-state index in [0.29, 0.717) is 6.42 Å². The highest BCUT2D eigenvalue weighted by Crippen LogP contribution is 2.13. The number of carboxylic acids is 1. The summed E-state index contributed by atoms with van der Waals surface area (Å²) in [5, 5.41) is 8.67. The molecule has 0 radical (unpaired) electrons. The minimum Gasteiger partial charge on any atom is -0.481 e. The molecule has 0 amide bonds. The van der Waals surface area contributed by atoms with Crippen LogP contribution in [0.1, 0.15) is 104 Å². The zero-order chi connectivity index (χ0) is 23.0. The molecule has 0 rings (SSSR count). The van der Waals surface area contributed by atoms with Crippen LogP contribution in [0.4, 0.5) is 0 Å². The summed E-state index contributed by atoms with van der Waals surface area (Å²) < 4.78 is 5.66. The van der Waals surface area contributed by atoms with Crippen molar-refractivity contribution >= 4 is 11.9 Å². The van der Waals surface area contributed by atoms with Gasteiger partial charge in [-0.25, -0.2) is 0 Å². The molecule has 0 aromatic carbocycles. The second-order valence-corrected chi connectivity index (χ2v) is 7.79. The van der Waals surface area contributed by atoms with E-state index in [2.05, 4.69) is 56.4 Å². The normalized spacial score (nSPS) is 13.1. The summed E-state index contributed by atoms with van der Waals surface area (Å²) >= 11 is 0. The number of carboxylic acid groups (broad SMARTS) is 1. The number of hydrogen-bond acceptors (Lipinski definition) is 3. The van der Waals surface area contributed by atoms with Crippen LogP contribution in [0.3, 0.4) is 0 Å². The van der Waals surface area contributed by atoms with Crippen LogP contribution in [-0.4, -0.2) is 23.1 Å². The number of allylic oxidation sites excluding steroid dienone is 7. The lowest BCUT2D eigenvalue weighted by molar-refractivity contribution is -0.147. The Morgan fingerprint density at radius 1 is 0.742 bits per heavy atom. The third-order valence-corrected chi connectivity index (χ3v) is 4.80. The number of rotatable bonds is 20. The molecule has 4 nitrogen and oxygen atoms in total. The fraction of sp³-hybridized carbons (Fsp3) is 0.630. The first-order valence-electron chi connectivity index (χ1n) is 12.1. The molecule has 31 heavy (non-hydrogen) atoms. The average molecular weight is 433 g/mol. The highest BCUT2D eigenvalue weighted by atomic mass is 16.5. The molecule has 0 bridgehead atoms. The van der Waals surface area contributed by atoms with Crippen LogP contribution in [0.5, 0.6) is 0 Å². The topological polar surface area (TPSA) is 63.6 Å². The van der Waals surface area contributed by atoms with E-state index in [4.69, 9.17) is 9.84 Å². The van der Waals surface area contributed by atoms with Crippen LogP contribution in [0.15, 0.2) is 48.6 Å². The maximum Gasteiger partial charge on any atom is 0.306 e. The molecule has 176 valence electrons. The lowest BCUT2D eigenvalue weighted by atomic mass is 10.1. The van der Waals surface area contributed by atoms with E-state index in [1.807, 2.05) is 6.08 Å². The van der Waals surface area contributed by atoms with Gasteiger partial charge < -0.3 is 9.84 Å². The predicted molar refractivity (Wildman–Crippen MR) is 130 cm³/mol. The van der Waals surface area contributed by atoms with Crippen LogP contribution in [-0.2, 0) is 14.3 Å². The van der Waals surface area contributed by atoms with Crippen LogP contribution >= 0.6 is 0 Å². The third-order valence-electron chi connectivity index (χ3n) is 4.80. The molecule has 0 aliphatic rings. The van der Waals surface area contributed by atoms with Gasteiger partial charge in [-0.1, -0.05) is 82.1 Å². The third kappa shape index (κ3) is 22.4. The molecule has 1 N–H and O–H groups in total. The maximum absolute atomic E-state index is 12.0. The van der Waals surface area contributed by atoms with Crippen molar-refractivity contribution < 1.29 is 19.4 Å². The number of carbonyl (C=O) groups is 2. The van der Waals surface area contributed by atoms with Gasteiger partial charge >= 0.3 is 11.9 Å². The van der Waals surface area contributed by atoms with Crippen molar-refractivity contribution in [1.82, 2.24) is 0 Å². The number of esters is 1. The first-order chi connectivity index (χ1) is 15.1. The fourth-order valence-corrected chi connectivity index (χ4v) is 3.01. The van der Waals surface area contributed by atoms with Crippen molar-refractivity contribution in [3.8, 4) is 0 Å². The van der Waals surface area contributed by atoms with Crippen molar-refractivity contribution in [3.63, 3.8) is 0 Å². The molecule has 0 heterocycles. The van der Waals surface area contributed by atoms with Gasteiger partial charge in [-0.3, -0.25) is 9.59 Å². The van der Waals surface area contributed by atoms with Crippen molar-refractivity contribution in [1.29, 1.82) is 0 Å². The number of carbonyl (C=O) groups excluding carboxylic acids is 1. The molecule has 0 saturated carbocycles. The Balaban J connectivity index is 4.24. The first kappa shape index (κ1) is 28.9. The van der Waals surface area contributed by atoms with E-state index in [0.717, 1.165) is 77.0 Å². The highest BCUT2D eigenvalue weighted by Gasteiger charge is 2.11. The number of aliphatic carboxylic acids is 1. The zero-order valence-electron chi connectivity index (χ0n) is 19.8. The monoisotopic (exact) mass is 432 g/mol. The molecule has 0 spiro atoms. The summed E-state index contributed by atoms with van der Waals surface area (Å²) in [5.74, 6) is -0.839. The quantitative estimate of drug-likeness (QED) is 0.122. The van der Waals surface area contributed by atoms with Crippen LogP contribution in [0.2, 0.25) is 0 Å². The molecule has 0 aromatic heterocycles. The van der Waals surface area contributed by atoms with E-state index in [1.54, 1.807) is 0 Å². The molecule has 0 aliphatic carbocycles. The summed E-state index contributed by atoms with van der Waals surface area (Å²) in [6, 6.07) is 0. The van der Waals surface area contributed by atoms with Gasteiger partial charge in [0, 0.05) is 12.8 Å². The minimum absolute atomic E-state index is 0.115. The molecule has 0 aromatic rings. The van der Waals surface area contributed by atoms with Crippen LogP contribution < -0.4 is 0 Å².